The first-order valence-electron chi connectivity index (χ1n) is 5.78. The maximum atomic E-state index is 11.3. The zero-order valence-electron chi connectivity index (χ0n) is 10.6. The molecule has 0 aromatic heterocycles. The van der Waals surface area contributed by atoms with E-state index in [2.05, 4.69) is 5.32 Å². The minimum atomic E-state index is -0.0113. The van der Waals surface area contributed by atoms with E-state index >= 15 is 0 Å². The average molecular weight is 232 g/mol. The van der Waals surface area contributed by atoms with Crippen LogP contribution in [0.4, 0.5) is 4.79 Å². The van der Waals surface area contributed by atoms with Crippen LogP contribution in [0.1, 0.15) is 19.8 Å². The monoisotopic (exact) mass is 232 g/mol. The van der Waals surface area contributed by atoms with Gasteiger partial charge in [0.25, 0.3) is 0 Å². The Morgan fingerprint density at radius 2 is 2.00 bits per heavy atom. The summed E-state index contributed by atoms with van der Waals surface area (Å²) in [5.41, 5.74) is 0. The van der Waals surface area contributed by atoms with E-state index in [-0.39, 0.29) is 6.03 Å². The van der Waals surface area contributed by atoms with Gasteiger partial charge in [-0.15, -0.1) is 0 Å². The average Bonchev–Trinajstić information content (AvgIpc) is 2.31. The molecule has 0 aliphatic heterocycles. The van der Waals surface area contributed by atoms with Crippen LogP contribution in [0.3, 0.4) is 0 Å². The van der Waals surface area contributed by atoms with Crippen LogP contribution >= 0.6 is 0 Å². The topological polar surface area (TPSA) is 50.8 Å². The van der Waals surface area contributed by atoms with Gasteiger partial charge in [0.05, 0.1) is 13.2 Å². The van der Waals surface area contributed by atoms with Crippen molar-refractivity contribution in [3.05, 3.63) is 0 Å². The molecule has 1 N–H and O–H groups in total. The minimum absolute atomic E-state index is 0.0113. The first-order valence-corrected chi connectivity index (χ1v) is 5.78. The van der Waals surface area contributed by atoms with E-state index in [1.54, 1.807) is 19.1 Å². The molecular formula is C11H24N2O3. The Kier molecular flexibility index (Phi) is 10.2. The van der Waals surface area contributed by atoms with E-state index < -0.39 is 0 Å². The van der Waals surface area contributed by atoms with E-state index in [1.165, 1.54) is 0 Å². The molecule has 0 aliphatic carbocycles. The number of methoxy groups -OCH3 is 1. The molecule has 5 nitrogen and oxygen atoms in total. The highest BCUT2D eigenvalue weighted by molar-refractivity contribution is 5.73. The first kappa shape index (κ1) is 15.2. The normalized spacial score (nSPS) is 10.2. The van der Waals surface area contributed by atoms with Crippen molar-refractivity contribution >= 4 is 6.03 Å². The molecule has 0 bridgehead atoms. The molecule has 0 rings (SSSR count). The Hall–Kier alpha value is -0.810. The van der Waals surface area contributed by atoms with Crippen molar-refractivity contribution in [2.45, 2.75) is 19.8 Å². The molecule has 0 aliphatic rings. The fraction of sp³-hybridized carbons (Fsp3) is 0.909. The third-order valence-corrected chi connectivity index (χ3v) is 2.24. The van der Waals surface area contributed by atoms with Crippen LogP contribution in [0, 0.1) is 0 Å². The molecule has 96 valence electrons. The summed E-state index contributed by atoms with van der Waals surface area (Å²) in [5.74, 6) is 0. The van der Waals surface area contributed by atoms with Crippen LogP contribution in [0.25, 0.3) is 0 Å². The fourth-order valence-electron chi connectivity index (χ4n) is 1.05. The molecule has 5 heteroatoms. The zero-order chi connectivity index (χ0) is 12.2. The summed E-state index contributed by atoms with van der Waals surface area (Å²) >= 11 is 0. The Labute approximate surface area is 98.1 Å². The molecular weight excluding hydrogens is 208 g/mol. The molecule has 0 aromatic rings. The van der Waals surface area contributed by atoms with Gasteiger partial charge in [-0.1, -0.05) is 0 Å². The van der Waals surface area contributed by atoms with Gasteiger partial charge < -0.3 is 19.7 Å². The van der Waals surface area contributed by atoms with Gasteiger partial charge in [0.15, 0.2) is 0 Å². The summed E-state index contributed by atoms with van der Waals surface area (Å²) < 4.78 is 10.2. The molecule has 2 amide bonds. The van der Waals surface area contributed by atoms with Gasteiger partial charge in [-0.05, 0) is 19.8 Å². The van der Waals surface area contributed by atoms with Gasteiger partial charge in [-0.25, -0.2) is 4.79 Å². The Morgan fingerprint density at radius 3 is 2.62 bits per heavy atom. The summed E-state index contributed by atoms with van der Waals surface area (Å²) in [7, 11) is 3.44. The highest BCUT2D eigenvalue weighted by Crippen LogP contribution is 1.90. The molecule has 0 radical (unpaired) electrons. The van der Waals surface area contributed by atoms with Crippen molar-refractivity contribution in [1.29, 1.82) is 0 Å². The predicted octanol–water partition coefficient (Wildman–Crippen LogP) is 1.09. The summed E-state index contributed by atoms with van der Waals surface area (Å²) in [6.07, 6.45) is 1.90. The molecule has 0 spiro atoms. The molecule has 0 aromatic carbocycles. The van der Waals surface area contributed by atoms with Gasteiger partial charge >= 0.3 is 6.03 Å². The molecule has 0 fully saturated rings. The minimum Gasteiger partial charge on any atom is -0.382 e. The second-order valence-electron chi connectivity index (χ2n) is 3.56. The SMILES string of the molecule is CCN(C)C(=O)NCCCCOCCOC. The zero-order valence-corrected chi connectivity index (χ0v) is 10.6. The van der Waals surface area contributed by atoms with Crippen molar-refractivity contribution in [1.82, 2.24) is 10.2 Å². The number of ether oxygens (including phenoxy) is 2. The second kappa shape index (κ2) is 10.7. The number of unbranched alkanes of at least 4 members (excludes halogenated alkanes) is 1. The largest absolute Gasteiger partial charge is 0.382 e. The van der Waals surface area contributed by atoms with Gasteiger partial charge in [0.2, 0.25) is 0 Å². The molecule has 0 atom stereocenters. The van der Waals surface area contributed by atoms with Gasteiger partial charge in [-0.2, -0.15) is 0 Å². The quantitative estimate of drug-likeness (QED) is 0.605. The third-order valence-electron chi connectivity index (χ3n) is 2.24. The highest BCUT2D eigenvalue weighted by Gasteiger charge is 2.03. The lowest BCUT2D eigenvalue weighted by Crippen LogP contribution is -2.37. The third kappa shape index (κ3) is 8.49. The van der Waals surface area contributed by atoms with Crippen molar-refractivity contribution in [3.8, 4) is 0 Å². The number of carbonyl (C=O) groups is 1. The van der Waals surface area contributed by atoms with Gasteiger partial charge in [0, 0.05) is 33.9 Å². The lowest BCUT2D eigenvalue weighted by molar-refractivity contribution is 0.0688. The van der Waals surface area contributed by atoms with Crippen LogP contribution < -0.4 is 5.32 Å². The molecule has 0 saturated carbocycles. The highest BCUT2D eigenvalue weighted by atomic mass is 16.5. The van der Waals surface area contributed by atoms with Crippen LogP contribution in [0.15, 0.2) is 0 Å². The lowest BCUT2D eigenvalue weighted by Gasteiger charge is -2.15. The number of rotatable bonds is 9. The number of nitrogens with one attached hydrogen (secondary N) is 1. The van der Waals surface area contributed by atoms with Crippen LogP contribution in [0.5, 0.6) is 0 Å². The summed E-state index contributed by atoms with van der Waals surface area (Å²) in [5, 5.41) is 2.84. The predicted molar refractivity (Wildman–Crippen MR) is 63.6 cm³/mol. The van der Waals surface area contributed by atoms with Crippen molar-refractivity contribution in [2.24, 2.45) is 0 Å². The summed E-state index contributed by atoms with van der Waals surface area (Å²) in [4.78, 5) is 13.0. The van der Waals surface area contributed by atoms with Gasteiger partial charge in [-0.3, -0.25) is 0 Å². The molecule has 0 unspecified atom stereocenters. The van der Waals surface area contributed by atoms with Crippen LogP contribution in [0.2, 0.25) is 0 Å². The molecule has 0 heterocycles. The first-order chi connectivity index (χ1) is 7.72. The summed E-state index contributed by atoms with van der Waals surface area (Å²) in [6, 6.07) is -0.0113. The van der Waals surface area contributed by atoms with Crippen LogP contribution in [-0.2, 0) is 9.47 Å². The van der Waals surface area contributed by atoms with Crippen molar-refractivity contribution < 1.29 is 14.3 Å². The number of hydrogen-bond acceptors (Lipinski definition) is 3. The number of carbonyl (C=O) groups excluding carboxylic acids is 1. The van der Waals surface area contributed by atoms with Gasteiger partial charge in [0.1, 0.15) is 0 Å². The van der Waals surface area contributed by atoms with E-state index in [0.717, 1.165) is 26.0 Å². The number of hydrogen-bond donors (Lipinski definition) is 1. The lowest BCUT2D eigenvalue weighted by atomic mass is 10.3. The Balaban J connectivity index is 3.18. The maximum absolute atomic E-state index is 11.3. The summed E-state index contributed by atoms with van der Waals surface area (Å²) in [6.45, 7) is 5.38. The fourth-order valence-corrected chi connectivity index (χ4v) is 1.05. The van der Waals surface area contributed by atoms with Crippen LogP contribution in [-0.4, -0.2) is 58.0 Å². The smallest absolute Gasteiger partial charge is 0.317 e. The van der Waals surface area contributed by atoms with E-state index in [4.69, 9.17) is 9.47 Å². The Morgan fingerprint density at radius 1 is 1.25 bits per heavy atom. The van der Waals surface area contributed by atoms with E-state index in [9.17, 15) is 4.79 Å². The van der Waals surface area contributed by atoms with Crippen molar-refractivity contribution in [3.63, 3.8) is 0 Å². The van der Waals surface area contributed by atoms with Crippen molar-refractivity contribution in [2.75, 3.05) is 47.1 Å². The molecule has 16 heavy (non-hydrogen) atoms. The number of urea groups is 1. The van der Waals surface area contributed by atoms with E-state index in [0.29, 0.717) is 19.8 Å². The Bertz CT molecular complexity index is 177. The number of amides is 2. The standard InChI is InChI=1S/C11H24N2O3/c1-4-13(2)11(14)12-7-5-6-8-16-10-9-15-3/h4-10H2,1-3H3,(H,12,14). The maximum Gasteiger partial charge on any atom is 0.317 e. The molecule has 0 saturated heterocycles. The number of nitrogens with zero attached hydrogens (tertiary/aromatic N) is 1. The second-order valence-corrected chi connectivity index (χ2v) is 3.56. The van der Waals surface area contributed by atoms with E-state index in [1.807, 2.05) is 6.92 Å².